The average Bonchev–Trinajstić information content (AvgIpc) is 2.89. The fourth-order valence-corrected chi connectivity index (χ4v) is 2.61. The molecule has 0 amide bonds. The first-order valence-corrected chi connectivity index (χ1v) is 6.91. The molecule has 0 saturated carbocycles. The van der Waals surface area contributed by atoms with Crippen molar-refractivity contribution in [2.45, 2.75) is 6.54 Å². The molecule has 21 heavy (non-hydrogen) atoms. The molecule has 5 nitrogen and oxygen atoms in total. The number of benzene rings is 1. The van der Waals surface area contributed by atoms with Crippen LogP contribution in [0, 0.1) is 4.77 Å². The summed E-state index contributed by atoms with van der Waals surface area (Å²) in [6, 6.07) is 9.22. The molecule has 2 aromatic heterocycles. The molecule has 2 heterocycles. The summed E-state index contributed by atoms with van der Waals surface area (Å²) in [4.78, 5) is 14.4. The van der Waals surface area contributed by atoms with E-state index in [1.807, 2.05) is 28.8 Å². The molecule has 3 aromatic rings. The number of aromatic nitrogens is 2. The van der Waals surface area contributed by atoms with Gasteiger partial charge in [-0.1, -0.05) is 18.2 Å². The summed E-state index contributed by atoms with van der Waals surface area (Å²) < 4.78 is 12.9. The Morgan fingerprint density at radius 3 is 3.00 bits per heavy atom. The number of nitrogens with one attached hydrogen (secondary N) is 1. The summed E-state index contributed by atoms with van der Waals surface area (Å²) in [5.41, 5.74) is 2.12. The number of aromatic amines is 1. The molecule has 108 valence electrons. The standard InChI is InChI=1S/C15H14N2O3S/c1-19-7-6-17-12(8-14(18)16-15(17)21)11-9-20-13-5-3-2-4-10(11)13/h2-5,8-9H,6-7H2,1H3,(H,16,18,21). The van der Waals surface area contributed by atoms with Crippen LogP contribution in [-0.2, 0) is 11.3 Å². The Hall–Kier alpha value is -2.18. The summed E-state index contributed by atoms with van der Waals surface area (Å²) in [5, 5.41) is 0.948. The van der Waals surface area contributed by atoms with E-state index in [2.05, 4.69) is 4.98 Å². The number of para-hydroxylation sites is 1. The van der Waals surface area contributed by atoms with E-state index in [4.69, 9.17) is 21.4 Å². The Morgan fingerprint density at radius 1 is 1.38 bits per heavy atom. The van der Waals surface area contributed by atoms with Crippen molar-refractivity contribution in [3.63, 3.8) is 0 Å². The normalized spacial score (nSPS) is 11.1. The van der Waals surface area contributed by atoms with Crippen molar-refractivity contribution in [3.05, 3.63) is 51.7 Å². The van der Waals surface area contributed by atoms with Gasteiger partial charge in [0.2, 0.25) is 0 Å². The summed E-state index contributed by atoms with van der Waals surface area (Å²) in [6.45, 7) is 1.06. The zero-order valence-electron chi connectivity index (χ0n) is 11.5. The molecule has 0 fully saturated rings. The number of hydrogen-bond donors (Lipinski definition) is 1. The van der Waals surface area contributed by atoms with E-state index in [1.165, 1.54) is 6.07 Å². The first-order chi connectivity index (χ1) is 10.2. The molecule has 1 N–H and O–H groups in total. The van der Waals surface area contributed by atoms with Crippen molar-refractivity contribution in [2.75, 3.05) is 13.7 Å². The van der Waals surface area contributed by atoms with Gasteiger partial charge in [-0.15, -0.1) is 0 Å². The predicted octanol–water partition coefficient (Wildman–Crippen LogP) is 2.97. The highest BCUT2D eigenvalue weighted by molar-refractivity contribution is 7.71. The maximum atomic E-state index is 11.8. The smallest absolute Gasteiger partial charge is 0.252 e. The van der Waals surface area contributed by atoms with Gasteiger partial charge >= 0.3 is 0 Å². The van der Waals surface area contributed by atoms with Crippen LogP contribution in [0.25, 0.3) is 22.2 Å². The van der Waals surface area contributed by atoms with Crippen LogP contribution in [0.5, 0.6) is 0 Å². The maximum Gasteiger partial charge on any atom is 0.252 e. The van der Waals surface area contributed by atoms with Gasteiger partial charge in [-0.2, -0.15) is 0 Å². The number of H-pyrrole nitrogens is 1. The lowest BCUT2D eigenvalue weighted by Gasteiger charge is -2.12. The fraction of sp³-hybridized carbons (Fsp3) is 0.200. The third-order valence-electron chi connectivity index (χ3n) is 3.31. The molecule has 0 spiro atoms. The van der Waals surface area contributed by atoms with Gasteiger partial charge in [-0.3, -0.25) is 9.78 Å². The molecular weight excluding hydrogens is 288 g/mol. The second-order valence-electron chi connectivity index (χ2n) is 4.61. The summed E-state index contributed by atoms with van der Waals surface area (Å²) in [7, 11) is 1.63. The summed E-state index contributed by atoms with van der Waals surface area (Å²) in [6.07, 6.45) is 1.65. The first kappa shape index (κ1) is 13.8. The first-order valence-electron chi connectivity index (χ1n) is 6.50. The van der Waals surface area contributed by atoms with Crippen LogP contribution < -0.4 is 5.56 Å². The minimum atomic E-state index is -0.228. The number of methoxy groups -OCH3 is 1. The third-order valence-corrected chi connectivity index (χ3v) is 3.63. The number of ether oxygens (including phenoxy) is 1. The molecule has 0 aliphatic carbocycles. The zero-order valence-corrected chi connectivity index (χ0v) is 12.3. The summed E-state index contributed by atoms with van der Waals surface area (Å²) >= 11 is 5.26. The monoisotopic (exact) mass is 302 g/mol. The largest absolute Gasteiger partial charge is 0.464 e. The average molecular weight is 302 g/mol. The van der Waals surface area contributed by atoms with Crippen LogP contribution in [0.2, 0.25) is 0 Å². The lowest BCUT2D eigenvalue weighted by molar-refractivity contribution is 0.187. The van der Waals surface area contributed by atoms with E-state index in [9.17, 15) is 4.79 Å². The van der Waals surface area contributed by atoms with Crippen LogP contribution in [0.15, 0.2) is 45.8 Å². The lowest BCUT2D eigenvalue weighted by atomic mass is 10.1. The van der Waals surface area contributed by atoms with Crippen molar-refractivity contribution in [2.24, 2.45) is 0 Å². The van der Waals surface area contributed by atoms with E-state index in [0.717, 1.165) is 22.2 Å². The van der Waals surface area contributed by atoms with Gasteiger partial charge in [-0.25, -0.2) is 0 Å². The number of rotatable bonds is 4. The highest BCUT2D eigenvalue weighted by Crippen LogP contribution is 2.29. The topological polar surface area (TPSA) is 60.2 Å². The quantitative estimate of drug-likeness (QED) is 0.753. The van der Waals surface area contributed by atoms with Gasteiger partial charge < -0.3 is 13.7 Å². The molecule has 6 heteroatoms. The fourth-order valence-electron chi connectivity index (χ4n) is 2.32. The molecular formula is C15H14N2O3S. The van der Waals surface area contributed by atoms with E-state index in [0.29, 0.717) is 17.9 Å². The zero-order chi connectivity index (χ0) is 14.8. The maximum absolute atomic E-state index is 11.8. The second-order valence-corrected chi connectivity index (χ2v) is 5.00. The van der Waals surface area contributed by atoms with E-state index in [1.54, 1.807) is 13.4 Å². The number of fused-ring (bicyclic) bond motifs is 1. The van der Waals surface area contributed by atoms with Gasteiger partial charge in [0.05, 0.1) is 12.3 Å². The molecule has 0 aliphatic rings. The van der Waals surface area contributed by atoms with Gasteiger partial charge in [0.15, 0.2) is 4.77 Å². The number of furan rings is 1. The minimum absolute atomic E-state index is 0.228. The molecule has 0 bridgehead atoms. The Labute approximate surface area is 125 Å². The molecule has 0 aliphatic heterocycles. The Morgan fingerprint density at radius 2 is 2.19 bits per heavy atom. The van der Waals surface area contributed by atoms with Crippen molar-refractivity contribution in [1.29, 1.82) is 0 Å². The van der Waals surface area contributed by atoms with Gasteiger partial charge in [0, 0.05) is 30.7 Å². The van der Waals surface area contributed by atoms with E-state index < -0.39 is 0 Å². The predicted molar refractivity (Wildman–Crippen MR) is 83.0 cm³/mol. The Balaban J connectivity index is 2.26. The second kappa shape index (κ2) is 5.67. The molecule has 0 radical (unpaired) electrons. The van der Waals surface area contributed by atoms with Gasteiger partial charge in [0.1, 0.15) is 11.8 Å². The molecule has 0 atom stereocenters. The lowest BCUT2D eigenvalue weighted by Crippen LogP contribution is -2.16. The van der Waals surface area contributed by atoms with Crippen LogP contribution in [0.1, 0.15) is 0 Å². The number of nitrogens with zero attached hydrogens (tertiary/aromatic N) is 1. The highest BCUT2D eigenvalue weighted by Gasteiger charge is 2.12. The van der Waals surface area contributed by atoms with Gasteiger partial charge in [-0.05, 0) is 18.3 Å². The minimum Gasteiger partial charge on any atom is -0.464 e. The molecule has 1 aromatic carbocycles. The van der Waals surface area contributed by atoms with Crippen LogP contribution in [0.3, 0.4) is 0 Å². The van der Waals surface area contributed by atoms with Crippen LogP contribution in [0.4, 0.5) is 0 Å². The Bertz CT molecular complexity index is 892. The van der Waals surface area contributed by atoms with Gasteiger partial charge in [0.25, 0.3) is 5.56 Å². The van der Waals surface area contributed by atoms with E-state index >= 15 is 0 Å². The number of hydrogen-bond acceptors (Lipinski definition) is 4. The highest BCUT2D eigenvalue weighted by atomic mass is 32.1. The van der Waals surface area contributed by atoms with Crippen LogP contribution >= 0.6 is 12.2 Å². The SMILES string of the molecule is COCCn1c(-c2coc3ccccc23)cc(=O)[nH]c1=S. The summed E-state index contributed by atoms with van der Waals surface area (Å²) in [5.74, 6) is 0. The van der Waals surface area contributed by atoms with Crippen molar-refractivity contribution >= 4 is 23.2 Å². The van der Waals surface area contributed by atoms with Crippen molar-refractivity contribution in [3.8, 4) is 11.3 Å². The molecule has 0 unspecified atom stereocenters. The van der Waals surface area contributed by atoms with Crippen LogP contribution in [-0.4, -0.2) is 23.3 Å². The Kier molecular flexibility index (Phi) is 3.72. The van der Waals surface area contributed by atoms with E-state index in [-0.39, 0.29) is 5.56 Å². The molecule has 0 saturated heterocycles. The van der Waals surface area contributed by atoms with Crippen molar-refractivity contribution < 1.29 is 9.15 Å². The van der Waals surface area contributed by atoms with Crippen molar-refractivity contribution in [1.82, 2.24) is 9.55 Å². The molecule has 3 rings (SSSR count). The third kappa shape index (κ3) is 2.55.